The largest absolute Gasteiger partial charge is 0.497 e. The minimum absolute atomic E-state index is 0.281. The number of benzene rings is 1. The molecular formula is C19H26N4O4. The quantitative estimate of drug-likeness (QED) is 0.633. The Hall–Kier alpha value is -2.61. The van der Waals surface area contributed by atoms with Crippen LogP contribution in [0.25, 0.3) is 0 Å². The van der Waals surface area contributed by atoms with Crippen molar-refractivity contribution in [1.82, 2.24) is 20.9 Å². The van der Waals surface area contributed by atoms with Crippen molar-refractivity contribution in [1.29, 1.82) is 0 Å². The summed E-state index contributed by atoms with van der Waals surface area (Å²) in [6.07, 6.45) is 2.15. The van der Waals surface area contributed by atoms with Crippen LogP contribution in [0.15, 0.2) is 24.3 Å². The van der Waals surface area contributed by atoms with Crippen LogP contribution in [-0.2, 0) is 15.1 Å². The van der Waals surface area contributed by atoms with Crippen molar-refractivity contribution >= 4 is 17.8 Å². The van der Waals surface area contributed by atoms with Gasteiger partial charge in [-0.05, 0) is 56.5 Å². The van der Waals surface area contributed by atoms with Crippen LogP contribution >= 0.6 is 0 Å². The van der Waals surface area contributed by atoms with Crippen molar-refractivity contribution in [2.75, 3.05) is 33.3 Å². The molecule has 2 aliphatic rings. The van der Waals surface area contributed by atoms with E-state index >= 15 is 0 Å². The summed E-state index contributed by atoms with van der Waals surface area (Å²) in [7, 11) is 1.56. The normalized spacial score (nSPS) is 25.3. The summed E-state index contributed by atoms with van der Waals surface area (Å²) in [6, 6.07) is 6.36. The third kappa shape index (κ3) is 4.05. The minimum Gasteiger partial charge on any atom is -0.497 e. The predicted octanol–water partition coefficient (Wildman–Crippen LogP) is 0.578. The Morgan fingerprint density at radius 3 is 2.70 bits per heavy atom. The first kappa shape index (κ1) is 19.2. The zero-order chi connectivity index (χ0) is 19.4. The molecule has 3 N–H and O–H groups in total. The molecule has 27 heavy (non-hydrogen) atoms. The van der Waals surface area contributed by atoms with Gasteiger partial charge in [0.15, 0.2) is 0 Å². The molecule has 2 fully saturated rings. The highest BCUT2D eigenvalue weighted by Gasteiger charge is 2.49. The van der Waals surface area contributed by atoms with E-state index in [4.69, 9.17) is 4.74 Å². The molecular weight excluding hydrogens is 348 g/mol. The smallest absolute Gasteiger partial charge is 0.325 e. The molecule has 8 nitrogen and oxygen atoms in total. The number of hydrogen-bond donors (Lipinski definition) is 3. The molecule has 3 rings (SSSR count). The molecule has 146 valence electrons. The number of nitrogens with one attached hydrogen (secondary N) is 3. The number of piperidine rings is 1. The van der Waals surface area contributed by atoms with Crippen LogP contribution in [0.1, 0.15) is 25.3 Å². The number of hydrogen-bond acceptors (Lipinski definition) is 5. The molecule has 4 amide bonds. The van der Waals surface area contributed by atoms with Gasteiger partial charge in [0.05, 0.1) is 7.11 Å². The summed E-state index contributed by atoms with van der Waals surface area (Å²) in [5.74, 6) is 0.276. The standard InChI is InChI=1S/C19H26N4O4/c1-19(14-5-7-15(27-2)8-6-14)17(25)23(18(26)22-19)12-16(24)21-11-13-4-3-9-20-10-13/h5-8,13,20H,3-4,9-12H2,1-2H3,(H,21,24)(H,22,26). The molecule has 1 aromatic rings. The molecule has 0 aromatic heterocycles. The molecule has 0 radical (unpaired) electrons. The van der Waals surface area contributed by atoms with Crippen molar-refractivity contribution in [3.8, 4) is 5.75 Å². The monoisotopic (exact) mass is 374 g/mol. The molecule has 8 heteroatoms. The fourth-order valence-corrected chi connectivity index (χ4v) is 3.52. The first-order chi connectivity index (χ1) is 12.9. The second-order valence-electron chi connectivity index (χ2n) is 7.19. The van der Waals surface area contributed by atoms with Crippen molar-refractivity contribution in [2.45, 2.75) is 25.3 Å². The molecule has 1 aromatic carbocycles. The second kappa shape index (κ2) is 7.96. The zero-order valence-electron chi connectivity index (χ0n) is 15.7. The number of rotatable bonds is 6. The Balaban J connectivity index is 1.61. The highest BCUT2D eigenvalue weighted by Crippen LogP contribution is 2.29. The van der Waals surface area contributed by atoms with Gasteiger partial charge in [0, 0.05) is 6.54 Å². The molecule has 2 heterocycles. The van der Waals surface area contributed by atoms with E-state index in [0.29, 0.717) is 23.8 Å². The zero-order valence-corrected chi connectivity index (χ0v) is 15.7. The lowest BCUT2D eigenvalue weighted by molar-refractivity contribution is -0.134. The van der Waals surface area contributed by atoms with Gasteiger partial charge in [-0.2, -0.15) is 0 Å². The van der Waals surface area contributed by atoms with Gasteiger partial charge in [-0.1, -0.05) is 12.1 Å². The van der Waals surface area contributed by atoms with Gasteiger partial charge in [0.2, 0.25) is 5.91 Å². The molecule has 2 unspecified atom stereocenters. The fourth-order valence-electron chi connectivity index (χ4n) is 3.52. The number of carbonyl (C=O) groups is 3. The van der Waals surface area contributed by atoms with Gasteiger partial charge < -0.3 is 20.7 Å². The Kier molecular flexibility index (Phi) is 5.65. The average Bonchev–Trinajstić information content (AvgIpc) is 2.91. The number of ether oxygens (including phenoxy) is 1. The third-order valence-electron chi connectivity index (χ3n) is 5.23. The summed E-state index contributed by atoms with van der Waals surface area (Å²) < 4.78 is 5.12. The summed E-state index contributed by atoms with van der Waals surface area (Å²) in [5, 5.41) is 8.83. The van der Waals surface area contributed by atoms with Crippen LogP contribution in [0.4, 0.5) is 4.79 Å². The first-order valence-corrected chi connectivity index (χ1v) is 9.20. The molecule has 0 saturated carbocycles. The van der Waals surface area contributed by atoms with E-state index in [9.17, 15) is 14.4 Å². The van der Waals surface area contributed by atoms with Gasteiger partial charge in [-0.25, -0.2) is 4.79 Å². The number of carbonyl (C=O) groups excluding carboxylic acids is 3. The molecule has 0 bridgehead atoms. The molecule has 2 saturated heterocycles. The van der Waals surface area contributed by atoms with Crippen LogP contribution in [0.2, 0.25) is 0 Å². The van der Waals surface area contributed by atoms with Gasteiger partial charge in [0.25, 0.3) is 5.91 Å². The van der Waals surface area contributed by atoms with Crippen LogP contribution in [-0.4, -0.2) is 56.0 Å². The Morgan fingerprint density at radius 1 is 1.33 bits per heavy atom. The lowest BCUT2D eigenvalue weighted by Crippen LogP contribution is -2.45. The first-order valence-electron chi connectivity index (χ1n) is 9.20. The summed E-state index contributed by atoms with van der Waals surface area (Å²) in [6.45, 7) is 3.79. The third-order valence-corrected chi connectivity index (χ3v) is 5.23. The minimum atomic E-state index is -1.20. The van der Waals surface area contributed by atoms with E-state index in [1.54, 1.807) is 38.3 Å². The van der Waals surface area contributed by atoms with E-state index < -0.39 is 17.5 Å². The van der Waals surface area contributed by atoms with Crippen LogP contribution < -0.4 is 20.7 Å². The maximum absolute atomic E-state index is 12.9. The predicted molar refractivity (Wildman–Crippen MR) is 99.2 cm³/mol. The second-order valence-corrected chi connectivity index (χ2v) is 7.19. The Morgan fingerprint density at radius 2 is 2.07 bits per heavy atom. The number of nitrogens with zero attached hydrogens (tertiary/aromatic N) is 1. The average molecular weight is 374 g/mol. The fraction of sp³-hybridized carbons (Fsp3) is 0.526. The summed E-state index contributed by atoms with van der Waals surface area (Å²) >= 11 is 0. The highest BCUT2D eigenvalue weighted by molar-refractivity contribution is 6.09. The maximum atomic E-state index is 12.9. The number of imide groups is 1. The van der Waals surface area contributed by atoms with Crippen molar-refractivity contribution in [3.63, 3.8) is 0 Å². The molecule has 0 aliphatic carbocycles. The molecule has 0 spiro atoms. The Bertz CT molecular complexity index is 715. The van der Waals surface area contributed by atoms with Crippen LogP contribution in [0.5, 0.6) is 5.75 Å². The topological polar surface area (TPSA) is 99.8 Å². The van der Waals surface area contributed by atoms with E-state index in [2.05, 4.69) is 16.0 Å². The summed E-state index contributed by atoms with van der Waals surface area (Å²) in [4.78, 5) is 38.4. The van der Waals surface area contributed by atoms with Gasteiger partial charge >= 0.3 is 6.03 Å². The van der Waals surface area contributed by atoms with E-state index in [1.165, 1.54) is 0 Å². The van der Waals surface area contributed by atoms with Gasteiger partial charge in [0.1, 0.15) is 17.8 Å². The molecule has 2 aliphatic heterocycles. The lowest BCUT2D eigenvalue weighted by Gasteiger charge is -2.24. The van der Waals surface area contributed by atoms with E-state index in [-0.39, 0.29) is 12.5 Å². The number of amides is 4. The van der Waals surface area contributed by atoms with Gasteiger partial charge in [-0.15, -0.1) is 0 Å². The Labute approximate surface area is 158 Å². The van der Waals surface area contributed by atoms with Crippen molar-refractivity contribution in [2.24, 2.45) is 5.92 Å². The maximum Gasteiger partial charge on any atom is 0.325 e. The summed E-state index contributed by atoms with van der Waals surface area (Å²) in [5.41, 5.74) is -0.561. The lowest BCUT2D eigenvalue weighted by atomic mass is 9.92. The van der Waals surface area contributed by atoms with Crippen LogP contribution in [0.3, 0.4) is 0 Å². The number of methoxy groups -OCH3 is 1. The highest BCUT2D eigenvalue weighted by atomic mass is 16.5. The van der Waals surface area contributed by atoms with E-state index in [1.807, 2.05) is 0 Å². The van der Waals surface area contributed by atoms with Crippen LogP contribution in [0, 0.1) is 5.92 Å². The van der Waals surface area contributed by atoms with Crippen molar-refractivity contribution in [3.05, 3.63) is 29.8 Å². The SMILES string of the molecule is COc1ccc(C2(C)NC(=O)N(CC(=O)NCC3CCCNC3)C2=O)cc1. The van der Waals surface area contributed by atoms with E-state index in [0.717, 1.165) is 30.8 Å². The number of urea groups is 1. The van der Waals surface area contributed by atoms with Gasteiger partial charge in [-0.3, -0.25) is 14.5 Å². The molecule has 2 atom stereocenters. The van der Waals surface area contributed by atoms with Crippen molar-refractivity contribution < 1.29 is 19.1 Å².